The molecule has 0 bridgehead atoms. The molecule has 0 aliphatic carbocycles. The van der Waals surface area contributed by atoms with Crippen molar-refractivity contribution in [2.45, 2.75) is 11.0 Å². The van der Waals surface area contributed by atoms with Gasteiger partial charge in [0, 0.05) is 4.47 Å². The standard InChI is InChI=1S/C15H15BrO4S/c1-20-13-6-2-11(3-7-13)15(17)10-21(18,19)14-8-4-12(16)5-9-14/h2-9,15,17H,10H2,1H3. The van der Waals surface area contributed by atoms with Gasteiger partial charge in [0.1, 0.15) is 5.75 Å². The van der Waals surface area contributed by atoms with Crippen molar-refractivity contribution >= 4 is 25.8 Å². The number of rotatable bonds is 5. The lowest BCUT2D eigenvalue weighted by molar-refractivity contribution is 0.201. The third-order valence-electron chi connectivity index (χ3n) is 3.05. The van der Waals surface area contributed by atoms with E-state index in [0.717, 1.165) is 4.47 Å². The van der Waals surface area contributed by atoms with Crippen LogP contribution in [0, 0.1) is 0 Å². The number of benzene rings is 2. The van der Waals surface area contributed by atoms with Gasteiger partial charge >= 0.3 is 0 Å². The molecule has 0 heterocycles. The first-order valence-electron chi connectivity index (χ1n) is 6.23. The number of hydrogen-bond donors (Lipinski definition) is 1. The highest BCUT2D eigenvalue weighted by atomic mass is 79.9. The normalized spacial score (nSPS) is 12.9. The number of aliphatic hydroxyl groups excluding tert-OH is 1. The van der Waals surface area contributed by atoms with Gasteiger partial charge in [0.25, 0.3) is 0 Å². The molecule has 0 fully saturated rings. The van der Waals surface area contributed by atoms with Gasteiger partial charge in [-0.25, -0.2) is 8.42 Å². The van der Waals surface area contributed by atoms with Crippen molar-refractivity contribution in [3.05, 3.63) is 58.6 Å². The van der Waals surface area contributed by atoms with Crippen molar-refractivity contribution in [2.24, 2.45) is 0 Å². The van der Waals surface area contributed by atoms with Gasteiger partial charge in [-0.05, 0) is 42.0 Å². The number of sulfone groups is 1. The molecule has 2 aromatic rings. The summed E-state index contributed by atoms with van der Waals surface area (Å²) in [7, 11) is -2.00. The highest BCUT2D eigenvalue weighted by Crippen LogP contribution is 2.23. The number of halogens is 1. The summed E-state index contributed by atoms with van der Waals surface area (Å²) in [6.07, 6.45) is -1.08. The molecule has 0 aliphatic heterocycles. The van der Waals surface area contributed by atoms with Crippen LogP contribution in [0.4, 0.5) is 0 Å². The second-order valence-electron chi connectivity index (χ2n) is 4.52. The summed E-state index contributed by atoms with van der Waals surface area (Å²) in [4.78, 5) is 0.193. The maximum Gasteiger partial charge on any atom is 0.181 e. The molecular weight excluding hydrogens is 356 g/mol. The van der Waals surface area contributed by atoms with E-state index in [0.29, 0.717) is 11.3 Å². The smallest absolute Gasteiger partial charge is 0.181 e. The first-order chi connectivity index (χ1) is 9.92. The number of aliphatic hydroxyl groups is 1. The third-order valence-corrected chi connectivity index (χ3v) is 5.32. The molecule has 0 saturated carbocycles. The predicted molar refractivity (Wildman–Crippen MR) is 84.1 cm³/mol. The van der Waals surface area contributed by atoms with Crippen molar-refractivity contribution in [1.82, 2.24) is 0 Å². The lowest BCUT2D eigenvalue weighted by Gasteiger charge is -2.12. The average molecular weight is 371 g/mol. The maximum absolute atomic E-state index is 12.3. The molecule has 0 saturated heterocycles. The maximum atomic E-state index is 12.3. The first-order valence-corrected chi connectivity index (χ1v) is 8.67. The zero-order valence-corrected chi connectivity index (χ0v) is 13.8. The Kier molecular flexibility index (Phi) is 5.03. The molecule has 0 amide bonds. The lowest BCUT2D eigenvalue weighted by atomic mass is 10.1. The van der Waals surface area contributed by atoms with Gasteiger partial charge in [0.15, 0.2) is 9.84 Å². The van der Waals surface area contributed by atoms with Gasteiger partial charge in [-0.15, -0.1) is 0 Å². The van der Waals surface area contributed by atoms with Gasteiger partial charge in [-0.1, -0.05) is 28.1 Å². The van der Waals surface area contributed by atoms with Crippen molar-refractivity contribution in [2.75, 3.05) is 12.9 Å². The average Bonchev–Trinajstić information content (AvgIpc) is 2.47. The molecular formula is C15H15BrO4S. The topological polar surface area (TPSA) is 63.6 Å². The van der Waals surface area contributed by atoms with E-state index < -0.39 is 15.9 Å². The number of hydrogen-bond acceptors (Lipinski definition) is 4. The highest BCUT2D eigenvalue weighted by Gasteiger charge is 2.21. The van der Waals surface area contributed by atoms with Crippen LogP contribution in [-0.2, 0) is 9.84 Å². The SMILES string of the molecule is COc1ccc(C(O)CS(=O)(=O)c2ccc(Br)cc2)cc1. The van der Waals surface area contributed by atoms with Crippen molar-refractivity contribution < 1.29 is 18.3 Å². The summed E-state index contributed by atoms with van der Waals surface area (Å²) < 4.78 is 30.3. The Labute approximate surface area is 132 Å². The zero-order chi connectivity index (χ0) is 15.5. The molecule has 6 heteroatoms. The monoisotopic (exact) mass is 370 g/mol. The van der Waals surface area contributed by atoms with Gasteiger partial charge in [0.2, 0.25) is 0 Å². The fourth-order valence-corrected chi connectivity index (χ4v) is 3.48. The summed E-state index contributed by atoms with van der Waals surface area (Å²) in [5.41, 5.74) is 0.538. The summed E-state index contributed by atoms with van der Waals surface area (Å²) in [6.45, 7) is 0. The molecule has 0 spiro atoms. The van der Waals surface area contributed by atoms with Crippen LogP contribution >= 0.6 is 15.9 Å². The Bertz CT molecular complexity index is 693. The van der Waals surface area contributed by atoms with Crippen LogP contribution in [0.15, 0.2) is 57.9 Å². The fraction of sp³-hybridized carbons (Fsp3) is 0.200. The molecule has 1 N–H and O–H groups in total. The lowest BCUT2D eigenvalue weighted by Crippen LogP contribution is -2.14. The largest absolute Gasteiger partial charge is 0.497 e. The fourth-order valence-electron chi connectivity index (χ4n) is 1.87. The summed E-state index contributed by atoms with van der Waals surface area (Å²) >= 11 is 3.26. The summed E-state index contributed by atoms with van der Waals surface area (Å²) in [5, 5.41) is 10.1. The van der Waals surface area contributed by atoms with E-state index in [1.54, 1.807) is 43.5 Å². The second kappa shape index (κ2) is 6.60. The van der Waals surface area contributed by atoms with Crippen molar-refractivity contribution in [3.8, 4) is 5.75 Å². The summed E-state index contributed by atoms with van der Waals surface area (Å²) in [6, 6.07) is 13.0. The highest BCUT2D eigenvalue weighted by molar-refractivity contribution is 9.10. The molecule has 2 aromatic carbocycles. The van der Waals surface area contributed by atoms with Crippen molar-refractivity contribution in [3.63, 3.8) is 0 Å². The van der Waals surface area contributed by atoms with E-state index in [-0.39, 0.29) is 10.6 Å². The third kappa shape index (κ3) is 4.06. The number of ether oxygens (including phenoxy) is 1. The van der Waals surface area contributed by atoms with Gasteiger partial charge in [-0.3, -0.25) is 0 Å². The predicted octanol–water partition coefficient (Wildman–Crippen LogP) is 2.97. The van der Waals surface area contributed by atoms with Gasteiger partial charge < -0.3 is 9.84 Å². The molecule has 0 radical (unpaired) electrons. The molecule has 0 aliphatic rings. The quantitative estimate of drug-likeness (QED) is 0.878. The molecule has 112 valence electrons. The van der Waals surface area contributed by atoms with Crippen LogP contribution in [0.2, 0.25) is 0 Å². The second-order valence-corrected chi connectivity index (χ2v) is 7.47. The number of methoxy groups -OCH3 is 1. The minimum absolute atomic E-state index is 0.193. The van der Waals surface area contributed by atoms with E-state index in [2.05, 4.69) is 15.9 Å². The van der Waals surface area contributed by atoms with Crippen LogP contribution in [0.5, 0.6) is 5.75 Å². The Hall–Kier alpha value is -1.37. The van der Waals surface area contributed by atoms with E-state index in [1.165, 1.54) is 12.1 Å². The Morgan fingerprint density at radius 3 is 2.19 bits per heavy atom. The van der Waals surface area contributed by atoms with Crippen LogP contribution in [-0.4, -0.2) is 26.4 Å². The minimum atomic E-state index is -3.54. The molecule has 1 unspecified atom stereocenters. The molecule has 0 aromatic heterocycles. The van der Waals surface area contributed by atoms with Crippen molar-refractivity contribution in [1.29, 1.82) is 0 Å². The molecule has 21 heavy (non-hydrogen) atoms. The molecule has 1 atom stereocenters. The van der Waals surface area contributed by atoms with Gasteiger partial charge in [0.05, 0.1) is 23.9 Å². The Morgan fingerprint density at radius 2 is 1.67 bits per heavy atom. The van der Waals surface area contributed by atoms with Crippen LogP contribution in [0.3, 0.4) is 0 Å². The van der Waals surface area contributed by atoms with Gasteiger partial charge in [-0.2, -0.15) is 0 Å². The minimum Gasteiger partial charge on any atom is -0.497 e. The Morgan fingerprint density at radius 1 is 1.10 bits per heavy atom. The van der Waals surface area contributed by atoms with E-state index in [4.69, 9.17) is 4.74 Å². The zero-order valence-electron chi connectivity index (χ0n) is 11.4. The van der Waals surface area contributed by atoms with Crippen LogP contribution < -0.4 is 4.74 Å². The Balaban J connectivity index is 2.17. The molecule has 4 nitrogen and oxygen atoms in total. The van der Waals surface area contributed by atoms with E-state index >= 15 is 0 Å². The summed E-state index contributed by atoms with van der Waals surface area (Å²) in [5.74, 6) is 0.294. The van der Waals surface area contributed by atoms with E-state index in [1.807, 2.05) is 0 Å². The molecule has 2 rings (SSSR count). The van der Waals surface area contributed by atoms with E-state index in [9.17, 15) is 13.5 Å². The first kappa shape index (κ1) is 16.0. The van der Waals surface area contributed by atoms with Crippen LogP contribution in [0.25, 0.3) is 0 Å². The van der Waals surface area contributed by atoms with Crippen LogP contribution in [0.1, 0.15) is 11.7 Å².